The fourth-order valence-corrected chi connectivity index (χ4v) is 5.99. The number of hydrogen-bond acceptors (Lipinski definition) is 6. The van der Waals surface area contributed by atoms with Gasteiger partial charge in [-0.2, -0.15) is 13.2 Å². The molecule has 162 valence electrons. The minimum absolute atomic E-state index is 0.0112. The molecule has 0 amide bonds. The maximum Gasteiger partial charge on any atom is 0.417 e. The first-order chi connectivity index (χ1) is 13.7. The molecule has 29 heavy (non-hydrogen) atoms. The molecule has 2 aliphatic rings. The molecule has 0 aliphatic carbocycles. The Morgan fingerprint density at radius 3 is 2.52 bits per heavy atom. The summed E-state index contributed by atoms with van der Waals surface area (Å²) in [4.78, 5) is 13.5. The van der Waals surface area contributed by atoms with Crippen LogP contribution < -0.4 is 0 Å². The predicted molar refractivity (Wildman–Crippen MR) is 98.0 cm³/mol. The van der Waals surface area contributed by atoms with Gasteiger partial charge in [-0.15, -0.1) is 0 Å². The Morgan fingerprint density at radius 1 is 1.24 bits per heavy atom. The summed E-state index contributed by atoms with van der Waals surface area (Å²) < 4.78 is 76.9. The lowest BCUT2D eigenvalue weighted by Crippen LogP contribution is -2.46. The second-order valence-electron chi connectivity index (χ2n) is 7.20. The van der Waals surface area contributed by atoms with Crippen LogP contribution in [-0.2, 0) is 30.3 Å². The minimum atomic E-state index is -4.79. The van der Waals surface area contributed by atoms with Gasteiger partial charge in [0.15, 0.2) is 9.84 Å². The number of sulfone groups is 1. The van der Waals surface area contributed by atoms with E-state index in [4.69, 9.17) is 9.47 Å². The van der Waals surface area contributed by atoms with Crippen LogP contribution in [-0.4, -0.2) is 63.0 Å². The van der Waals surface area contributed by atoms with Crippen LogP contribution in [0.25, 0.3) is 0 Å². The highest BCUT2D eigenvalue weighted by Crippen LogP contribution is 2.38. The summed E-state index contributed by atoms with van der Waals surface area (Å²) in [5.41, 5.74) is -1.18. The molecule has 1 aromatic carbocycles. The Kier molecular flexibility index (Phi) is 6.54. The van der Waals surface area contributed by atoms with E-state index in [1.807, 2.05) is 0 Å². The molecule has 2 unspecified atom stereocenters. The highest BCUT2D eigenvalue weighted by Gasteiger charge is 2.48. The van der Waals surface area contributed by atoms with Gasteiger partial charge in [-0.3, -0.25) is 9.69 Å². The van der Waals surface area contributed by atoms with Gasteiger partial charge >= 0.3 is 12.1 Å². The van der Waals surface area contributed by atoms with E-state index in [2.05, 4.69) is 0 Å². The molecular weight excluding hydrogens is 411 g/mol. The zero-order valence-electron chi connectivity index (χ0n) is 16.0. The Balaban J connectivity index is 1.93. The van der Waals surface area contributed by atoms with Crippen molar-refractivity contribution in [3.05, 3.63) is 29.8 Å². The average molecular weight is 435 g/mol. The third-order valence-corrected chi connectivity index (χ3v) is 7.65. The zero-order valence-corrected chi connectivity index (χ0v) is 16.8. The quantitative estimate of drug-likeness (QED) is 0.663. The van der Waals surface area contributed by atoms with Crippen LogP contribution >= 0.6 is 0 Å². The van der Waals surface area contributed by atoms with Crippen molar-refractivity contribution in [1.29, 1.82) is 0 Å². The molecule has 10 heteroatoms. The van der Waals surface area contributed by atoms with Crippen molar-refractivity contribution in [2.75, 3.05) is 26.4 Å². The first kappa shape index (κ1) is 22.0. The Labute approximate surface area is 167 Å². The van der Waals surface area contributed by atoms with Crippen molar-refractivity contribution in [2.24, 2.45) is 0 Å². The lowest BCUT2D eigenvalue weighted by atomic mass is 10.1. The van der Waals surface area contributed by atoms with E-state index in [0.717, 1.165) is 18.2 Å². The molecule has 2 aliphatic heterocycles. The van der Waals surface area contributed by atoms with Gasteiger partial charge in [0.25, 0.3) is 0 Å². The molecule has 0 radical (unpaired) electrons. The number of likely N-dealkylation sites (tertiary alicyclic amines) is 1. The van der Waals surface area contributed by atoms with E-state index in [9.17, 15) is 26.4 Å². The van der Waals surface area contributed by atoms with Crippen molar-refractivity contribution < 1.29 is 35.9 Å². The first-order valence-electron chi connectivity index (χ1n) is 9.56. The number of alkyl halides is 3. The van der Waals surface area contributed by atoms with Gasteiger partial charge in [0.05, 0.1) is 22.3 Å². The van der Waals surface area contributed by atoms with Crippen LogP contribution in [0, 0.1) is 0 Å². The molecule has 3 rings (SSSR count). The van der Waals surface area contributed by atoms with Gasteiger partial charge in [0.2, 0.25) is 0 Å². The maximum atomic E-state index is 13.4. The zero-order chi connectivity index (χ0) is 21.2. The molecule has 0 spiro atoms. The standard InChI is InChI=1S/C19H24F3NO5S/c1-2-28-18(24)16-11-14(12-23(16)13-7-9-27-10-8-13)29(25,26)17-6-4-3-5-15(17)19(20,21)22/h3-6,13-14,16H,2,7-12H2,1H3. The summed E-state index contributed by atoms with van der Waals surface area (Å²) in [5.74, 6) is -0.541. The Morgan fingerprint density at radius 2 is 1.90 bits per heavy atom. The third-order valence-electron chi connectivity index (χ3n) is 5.46. The third kappa shape index (κ3) is 4.59. The maximum absolute atomic E-state index is 13.4. The van der Waals surface area contributed by atoms with Crippen LogP contribution in [0.5, 0.6) is 0 Å². The van der Waals surface area contributed by atoms with Gasteiger partial charge in [-0.25, -0.2) is 8.42 Å². The highest BCUT2D eigenvalue weighted by molar-refractivity contribution is 7.92. The van der Waals surface area contributed by atoms with E-state index in [1.165, 1.54) is 6.07 Å². The number of carbonyl (C=O) groups excluding carboxylic acids is 1. The lowest BCUT2D eigenvalue weighted by molar-refractivity contribution is -0.150. The van der Waals surface area contributed by atoms with Crippen molar-refractivity contribution in [3.8, 4) is 0 Å². The number of nitrogens with zero attached hydrogens (tertiary/aromatic N) is 1. The number of ether oxygens (including phenoxy) is 2. The van der Waals surface area contributed by atoms with E-state index in [1.54, 1.807) is 11.8 Å². The van der Waals surface area contributed by atoms with E-state index in [0.29, 0.717) is 26.1 Å². The molecular formula is C19H24F3NO5S. The Hall–Kier alpha value is -1.65. The summed E-state index contributed by atoms with van der Waals surface area (Å²) in [5, 5.41) is -1.12. The number of benzene rings is 1. The minimum Gasteiger partial charge on any atom is -0.465 e. The van der Waals surface area contributed by atoms with Gasteiger partial charge in [0.1, 0.15) is 6.04 Å². The molecule has 2 saturated heterocycles. The number of halogens is 3. The van der Waals surface area contributed by atoms with Crippen LogP contribution in [0.1, 0.15) is 31.7 Å². The second-order valence-corrected chi connectivity index (χ2v) is 9.40. The van der Waals surface area contributed by atoms with Crippen LogP contribution in [0.3, 0.4) is 0 Å². The molecule has 1 aromatic rings. The fourth-order valence-electron chi connectivity index (χ4n) is 4.07. The smallest absolute Gasteiger partial charge is 0.417 e. The SMILES string of the molecule is CCOC(=O)C1CC(S(=O)(=O)c2ccccc2C(F)(F)F)CN1C1CCOCC1. The first-order valence-corrected chi connectivity index (χ1v) is 11.1. The molecule has 2 heterocycles. The van der Waals surface area contributed by atoms with Crippen LogP contribution in [0.2, 0.25) is 0 Å². The number of hydrogen-bond donors (Lipinski definition) is 0. The van der Waals surface area contributed by atoms with Gasteiger partial charge < -0.3 is 9.47 Å². The average Bonchev–Trinajstić information content (AvgIpc) is 3.15. The molecule has 0 bridgehead atoms. The number of rotatable bonds is 5. The highest BCUT2D eigenvalue weighted by atomic mass is 32.2. The van der Waals surface area contributed by atoms with Crippen LogP contribution in [0.15, 0.2) is 29.2 Å². The molecule has 0 saturated carbocycles. The summed E-state index contributed by atoms with van der Waals surface area (Å²) in [6.07, 6.45) is -3.63. The summed E-state index contributed by atoms with van der Waals surface area (Å²) >= 11 is 0. The molecule has 2 atom stereocenters. The van der Waals surface area contributed by atoms with Gasteiger partial charge in [0, 0.05) is 25.8 Å². The van der Waals surface area contributed by atoms with Gasteiger partial charge in [-0.05, 0) is 38.3 Å². The number of carbonyl (C=O) groups is 1. The monoisotopic (exact) mass is 435 g/mol. The molecule has 6 nitrogen and oxygen atoms in total. The number of esters is 1. The molecule has 2 fully saturated rings. The van der Waals surface area contributed by atoms with E-state index in [-0.39, 0.29) is 25.6 Å². The van der Waals surface area contributed by atoms with E-state index < -0.39 is 43.7 Å². The van der Waals surface area contributed by atoms with Crippen LogP contribution in [0.4, 0.5) is 13.2 Å². The van der Waals surface area contributed by atoms with Crippen molar-refractivity contribution in [3.63, 3.8) is 0 Å². The predicted octanol–water partition coefficient (Wildman–Crippen LogP) is 2.66. The summed E-state index contributed by atoms with van der Waals surface area (Å²) in [7, 11) is -4.31. The Bertz CT molecular complexity index is 836. The lowest BCUT2D eigenvalue weighted by Gasteiger charge is -2.34. The topological polar surface area (TPSA) is 72.9 Å². The van der Waals surface area contributed by atoms with Crippen molar-refractivity contribution in [1.82, 2.24) is 4.90 Å². The van der Waals surface area contributed by atoms with E-state index >= 15 is 0 Å². The molecule has 0 aromatic heterocycles. The van der Waals surface area contributed by atoms with Crippen molar-refractivity contribution >= 4 is 15.8 Å². The summed E-state index contributed by atoms with van der Waals surface area (Å²) in [6.45, 7) is 2.77. The fraction of sp³-hybridized carbons (Fsp3) is 0.632. The largest absolute Gasteiger partial charge is 0.465 e. The normalized spacial score (nSPS) is 24.6. The van der Waals surface area contributed by atoms with Gasteiger partial charge in [-0.1, -0.05) is 12.1 Å². The molecule has 0 N–H and O–H groups in total. The van der Waals surface area contributed by atoms with Crippen molar-refractivity contribution in [2.45, 2.75) is 54.6 Å². The second kappa shape index (κ2) is 8.61. The summed E-state index contributed by atoms with van der Waals surface area (Å²) in [6, 6.07) is 3.31.